The number of nitrogens with one attached hydrogen (secondary N) is 1. The number of hydrogen-bond acceptors (Lipinski definition) is 18. The molecule has 80 heavy (non-hydrogen) atoms. The molecular weight excluding hydrogens is 1050 g/mol. The smallest absolute Gasteiger partial charge is 0.335 e. The summed E-state index contributed by atoms with van der Waals surface area (Å²) in [6, 6.07) is 15.1. The van der Waals surface area contributed by atoms with Crippen molar-refractivity contribution < 1.29 is 72.1 Å². The minimum absolute atomic E-state index is 0.0745. The van der Waals surface area contributed by atoms with E-state index in [0.717, 1.165) is 29.5 Å². The van der Waals surface area contributed by atoms with Gasteiger partial charge in [-0.15, -0.1) is 16.5 Å². The molecule has 3 aromatic carbocycles. The number of amides is 3. The van der Waals surface area contributed by atoms with E-state index in [1.165, 1.54) is 49.3 Å². The van der Waals surface area contributed by atoms with Gasteiger partial charge in [-0.05, 0) is 75.4 Å². The lowest BCUT2D eigenvalue weighted by Gasteiger charge is -2.26. The van der Waals surface area contributed by atoms with Crippen LogP contribution in [0.25, 0.3) is 0 Å². The van der Waals surface area contributed by atoms with E-state index in [1.807, 2.05) is 54.3 Å². The molecule has 2 unspecified atom stereocenters. The summed E-state index contributed by atoms with van der Waals surface area (Å²) in [4.78, 5) is 70.6. The van der Waals surface area contributed by atoms with Crippen LogP contribution in [-0.4, -0.2) is 165 Å². The summed E-state index contributed by atoms with van der Waals surface area (Å²) in [6.07, 6.45) is 9.16. The first kappa shape index (κ1) is 58.8. The number of methoxy groups -OCH3 is 2. The molecule has 4 aromatic rings. The van der Waals surface area contributed by atoms with Crippen molar-refractivity contribution >= 4 is 59.3 Å². The van der Waals surface area contributed by atoms with Gasteiger partial charge in [0.05, 0.1) is 114 Å². The van der Waals surface area contributed by atoms with Crippen LogP contribution in [0.1, 0.15) is 84.4 Å². The van der Waals surface area contributed by atoms with Crippen LogP contribution in [0.5, 0.6) is 34.8 Å². The van der Waals surface area contributed by atoms with E-state index in [9.17, 15) is 29.4 Å². The van der Waals surface area contributed by atoms with Crippen LogP contribution in [0.4, 0.5) is 11.4 Å². The number of aliphatic imine (C=N–C) groups is 2. The Balaban J connectivity index is 0.836. The van der Waals surface area contributed by atoms with Gasteiger partial charge in [0.2, 0.25) is 17.7 Å². The molecule has 1 aromatic heterocycles. The van der Waals surface area contributed by atoms with Gasteiger partial charge in [0.25, 0.3) is 11.8 Å². The third-order valence-corrected chi connectivity index (χ3v) is 15.2. The lowest BCUT2D eigenvalue weighted by Crippen LogP contribution is -2.35. The Labute approximate surface area is 469 Å². The highest BCUT2D eigenvalue weighted by Gasteiger charge is 2.36. The summed E-state index contributed by atoms with van der Waals surface area (Å²) >= 11 is 1.48. The van der Waals surface area contributed by atoms with E-state index in [4.69, 9.17) is 52.7 Å². The van der Waals surface area contributed by atoms with Gasteiger partial charge in [-0.3, -0.25) is 24.4 Å². The van der Waals surface area contributed by atoms with Gasteiger partial charge in [0, 0.05) is 61.1 Å². The van der Waals surface area contributed by atoms with Crippen molar-refractivity contribution in [2.45, 2.75) is 77.0 Å². The molecular formula is C58H70N6O15S. The van der Waals surface area contributed by atoms with Crippen molar-refractivity contribution in [3.05, 3.63) is 106 Å². The molecule has 0 aliphatic carbocycles. The topological polar surface area (TPSA) is 240 Å². The minimum Gasteiger partial charge on any atom is -0.493 e. The summed E-state index contributed by atoms with van der Waals surface area (Å²) in [6.45, 7) is 12.0. The van der Waals surface area contributed by atoms with Gasteiger partial charge >= 0.3 is 5.97 Å². The van der Waals surface area contributed by atoms with Crippen molar-refractivity contribution in [1.82, 2.24) is 19.8 Å². The van der Waals surface area contributed by atoms with Crippen molar-refractivity contribution in [3.63, 3.8) is 0 Å². The van der Waals surface area contributed by atoms with Crippen LogP contribution in [0, 0.1) is 0 Å². The van der Waals surface area contributed by atoms with Crippen molar-refractivity contribution in [2.75, 3.05) is 92.5 Å². The van der Waals surface area contributed by atoms with Gasteiger partial charge in [0.1, 0.15) is 13.2 Å². The average molecular weight is 1120 g/mol. The van der Waals surface area contributed by atoms with Gasteiger partial charge < -0.3 is 68.1 Å². The second kappa shape index (κ2) is 27.7. The molecule has 4 aliphatic heterocycles. The first-order valence-electron chi connectivity index (χ1n) is 26.5. The highest BCUT2D eigenvalue weighted by atomic mass is 32.2. The van der Waals surface area contributed by atoms with Gasteiger partial charge in [-0.2, -0.15) is 0 Å². The van der Waals surface area contributed by atoms with E-state index in [0.29, 0.717) is 110 Å². The van der Waals surface area contributed by atoms with Gasteiger partial charge in [-0.25, -0.2) is 4.79 Å². The fourth-order valence-corrected chi connectivity index (χ4v) is 10.2. The van der Waals surface area contributed by atoms with Crippen molar-refractivity contribution in [1.29, 1.82) is 0 Å². The van der Waals surface area contributed by atoms with Crippen molar-refractivity contribution in [2.24, 2.45) is 9.98 Å². The van der Waals surface area contributed by atoms with E-state index < -0.39 is 22.5 Å². The SMILES string of the molecule is CC=C1CC2C=Nc3cc(OCc4cc(COc5cc6c(cc5OC)C(=O)N5CC(=CC)CC5C=N6)cc(C(C)(C)SCC(=O)NCCOCCOCCOCCOCCC(=O)On5c(O)ccc5O)c4)c(OC)cc3C(=O)N2C1. The predicted octanol–water partition coefficient (Wildman–Crippen LogP) is 7.02. The number of hydrogen-bond donors (Lipinski definition) is 3. The van der Waals surface area contributed by atoms with Crippen LogP contribution in [-0.2, 0) is 46.5 Å². The van der Waals surface area contributed by atoms with Crippen LogP contribution < -0.4 is 29.1 Å². The maximum absolute atomic E-state index is 13.8. The number of rotatable bonds is 28. The number of fused-ring (bicyclic) bond motifs is 4. The minimum atomic E-state index is -0.686. The normalized spacial score (nSPS) is 17.5. The fourth-order valence-electron chi connectivity index (χ4n) is 9.33. The largest absolute Gasteiger partial charge is 0.493 e. The number of allylic oxidation sites excluding steroid dienone is 2. The lowest BCUT2D eigenvalue weighted by molar-refractivity contribution is -0.146. The summed E-state index contributed by atoms with van der Waals surface area (Å²) < 4.78 is 46.7. The molecule has 8 rings (SSSR count). The van der Waals surface area contributed by atoms with E-state index in [-0.39, 0.29) is 68.4 Å². The zero-order valence-electron chi connectivity index (χ0n) is 46.0. The number of benzene rings is 3. The maximum Gasteiger partial charge on any atom is 0.335 e. The van der Waals surface area contributed by atoms with Crippen LogP contribution >= 0.6 is 11.8 Å². The molecule has 428 valence electrons. The number of carbonyl (C=O) groups is 4. The van der Waals surface area contributed by atoms with E-state index in [1.54, 1.807) is 24.3 Å². The summed E-state index contributed by atoms with van der Waals surface area (Å²) in [5.74, 6) is -0.0485. The number of nitrogens with zero attached hydrogens (tertiary/aromatic N) is 5. The molecule has 0 bridgehead atoms. The molecule has 2 atom stereocenters. The Morgan fingerprint density at radius 2 is 1.15 bits per heavy atom. The van der Waals surface area contributed by atoms with Gasteiger partial charge in [0.15, 0.2) is 23.0 Å². The van der Waals surface area contributed by atoms with Gasteiger partial charge in [-0.1, -0.05) is 35.4 Å². The second-order valence-electron chi connectivity index (χ2n) is 19.7. The highest BCUT2D eigenvalue weighted by molar-refractivity contribution is 8.00. The van der Waals surface area contributed by atoms with E-state index >= 15 is 0 Å². The third-order valence-electron chi connectivity index (χ3n) is 13.9. The monoisotopic (exact) mass is 1120 g/mol. The maximum atomic E-state index is 13.8. The Kier molecular flexibility index (Phi) is 20.3. The molecule has 21 nitrogen and oxygen atoms in total. The zero-order chi connectivity index (χ0) is 56.8. The Morgan fingerprint density at radius 3 is 1.62 bits per heavy atom. The zero-order valence-corrected chi connectivity index (χ0v) is 46.8. The number of thioether (sulfide) groups is 1. The first-order valence-corrected chi connectivity index (χ1v) is 27.5. The number of aromatic hydroxyl groups is 2. The standard InChI is InChI=1S/C58H70N6O15S/c1-7-37-24-42-30-60-46-28-50(48(71-5)26-44(46)56(69)62(42)32-37)77-34-39-21-40(35-78-51-29-47-45(27-49(51)72-6)57(70)63-33-38(8-2)25-43(63)31-61-47)23-41(22-39)58(3,4)80-36-52(65)59-12-14-74-16-18-76-20-19-75-17-15-73-13-11-55(68)79-64-53(66)9-10-54(64)67/h7-10,21-23,26-31,42-43,66-67H,11-20,24-25,32-36H2,1-6H3,(H,59,65). The quantitative estimate of drug-likeness (QED) is 0.0382. The molecule has 4 aliphatic rings. The molecule has 2 fully saturated rings. The first-order chi connectivity index (χ1) is 38.7. The molecule has 3 amide bonds. The van der Waals surface area contributed by atoms with Crippen LogP contribution in [0.3, 0.4) is 0 Å². The second-order valence-corrected chi connectivity index (χ2v) is 21.3. The summed E-state index contributed by atoms with van der Waals surface area (Å²) in [7, 11) is 3.08. The molecule has 0 radical (unpaired) electrons. The molecule has 5 heterocycles. The van der Waals surface area contributed by atoms with Crippen LogP contribution in [0.2, 0.25) is 0 Å². The summed E-state index contributed by atoms with van der Waals surface area (Å²) in [5, 5.41) is 22.0. The van der Waals surface area contributed by atoms with Crippen LogP contribution in [0.15, 0.2) is 87.9 Å². The molecule has 0 spiro atoms. The van der Waals surface area contributed by atoms with Crippen molar-refractivity contribution in [3.8, 4) is 34.8 Å². The Bertz CT molecular complexity index is 2850. The molecule has 2 saturated heterocycles. The molecule has 22 heteroatoms. The number of aromatic nitrogens is 1. The highest BCUT2D eigenvalue weighted by Crippen LogP contribution is 2.42. The lowest BCUT2D eigenvalue weighted by atomic mass is 9.97. The molecule has 0 saturated carbocycles. The third kappa shape index (κ3) is 14.9. The predicted molar refractivity (Wildman–Crippen MR) is 300 cm³/mol. The Morgan fingerprint density at radius 1 is 0.675 bits per heavy atom. The fraction of sp³-hybridized carbons (Fsp3) is 0.448. The number of ether oxygens (including phenoxy) is 8. The Hall–Kier alpha value is -7.37. The average Bonchev–Trinajstić information content (AvgIpc) is 4.17. The molecule has 3 N–H and O–H groups in total. The summed E-state index contributed by atoms with van der Waals surface area (Å²) in [5.41, 5.74) is 6.82. The number of carbonyl (C=O) groups excluding carboxylic acids is 4. The van der Waals surface area contributed by atoms with E-state index in [2.05, 4.69) is 31.3 Å².